The quantitative estimate of drug-likeness (QED) is 0.505. The third kappa shape index (κ3) is 2.70. The third-order valence-electron chi connectivity index (χ3n) is 2.49. The fraction of sp³-hybridized carbons (Fsp3) is 0. The molecule has 0 saturated heterocycles. The maximum Gasteiger partial charge on any atom is 0.240 e. The zero-order chi connectivity index (χ0) is 12.8. The number of rotatable bonds is 4. The van der Waals surface area contributed by atoms with E-state index in [1.807, 2.05) is 36.4 Å². The maximum atomic E-state index is 10.3. The Morgan fingerprint density at radius 2 is 1.50 bits per heavy atom. The highest BCUT2D eigenvalue weighted by Gasteiger charge is 1.98. The van der Waals surface area contributed by atoms with Crippen molar-refractivity contribution in [2.45, 2.75) is 0 Å². The van der Waals surface area contributed by atoms with Crippen LogP contribution in [0.3, 0.4) is 0 Å². The van der Waals surface area contributed by atoms with Crippen LogP contribution >= 0.6 is 0 Å². The lowest BCUT2D eigenvalue weighted by Gasteiger charge is -2.03. The van der Waals surface area contributed by atoms with Gasteiger partial charge in [-0.15, -0.1) is 0 Å². The van der Waals surface area contributed by atoms with Gasteiger partial charge in [0.2, 0.25) is 12.5 Å². The van der Waals surface area contributed by atoms with Crippen molar-refractivity contribution < 1.29 is 9.59 Å². The van der Waals surface area contributed by atoms with Crippen LogP contribution < -0.4 is 5.32 Å². The van der Waals surface area contributed by atoms with E-state index in [9.17, 15) is 9.59 Å². The van der Waals surface area contributed by atoms with Crippen LogP contribution in [0, 0.1) is 0 Å². The zero-order valence-electron chi connectivity index (χ0n) is 9.46. The minimum atomic E-state index is 0.577. The summed E-state index contributed by atoms with van der Waals surface area (Å²) >= 11 is 0. The third-order valence-corrected chi connectivity index (χ3v) is 2.49. The molecule has 0 unspecified atom stereocenters. The minimum absolute atomic E-state index is 0.577. The van der Waals surface area contributed by atoms with Crippen LogP contribution in [0.4, 0.5) is 11.4 Å². The molecule has 0 atom stereocenters. The number of carbonyl (C=O) groups excluding carboxylic acids is 2. The number of hydrogen-bond acceptors (Lipinski definition) is 3. The van der Waals surface area contributed by atoms with Gasteiger partial charge in [0.1, 0.15) is 0 Å². The smallest absolute Gasteiger partial charge is 0.240 e. The number of nitrogens with zero attached hydrogens (tertiary/aromatic N) is 1. The van der Waals surface area contributed by atoms with Gasteiger partial charge >= 0.3 is 0 Å². The normalized spacial score (nSPS) is 9.33. The summed E-state index contributed by atoms with van der Waals surface area (Å²) in [6.45, 7) is 0. The fourth-order valence-corrected chi connectivity index (χ4v) is 1.61. The van der Waals surface area contributed by atoms with Crippen molar-refractivity contribution in [1.29, 1.82) is 0 Å². The molecule has 0 aliphatic carbocycles. The Labute approximate surface area is 104 Å². The molecule has 4 heteroatoms. The van der Waals surface area contributed by atoms with Crippen molar-refractivity contribution in [2.24, 2.45) is 4.99 Å². The molecule has 0 saturated carbocycles. The van der Waals surface area contributed by atoms with Crippen molar-refractivity contribution in [3.8, 4) is 11.1 Å². The molecule has 0 fully saturated rings. The molecule has 0 heterocycles. The Balaban J connectivity index is 2.25. The number of carbonyl (C=O) groups is 1. The van der Waals surface area contributed by atoms with Crippen LogP contribution in [-0.2, 0) is 9.59 Å². The summed E-state index contributed by atoms with van der Waals surface area (Å²) < 4.78 is 0. The number of amides is 1. The summed E-state index contributed by atoms with van der Waals surface area (Å²) in [6, 6.07) is 14.7. The molecule has 18 heavy (non-hydrogen) atoms. The molecule has 1 amide bonds. The van der Waals surface area contributed by atoms with Crippen molar-refractivity contribution in [3.63, 3.8) is 0 Å². The number of aliphatic imine (C=N–C) groups is 1. The van der Waals surface area contributed by atoms with E-state index in [1.165, 1.54) is 6.08 Å². The van der Waals surface area contributed by atoms with Crippen molar-refractivity contribution in [1.82, 2.24) is 0 Å². The Bertz CT molecular complexity index is 582. The highest BCUT2D eigenvalue weighted by molar-refractivity contribution is 5.74. The second-order valence-corrected chi connectivity index (χ2v) is 3.59. The predicted octanol–water partition coefficient (Wildman–Crippen LogP) is 2.89. The standard InChI is InChI=1S/C14H10N2O2/c17-9-15-13-5-1-11(2-6-13)12-3-7-14(8-4-12)16-10-18/h1-9H,(H,15,17). The van der Waals surface area contributed by atoms with Crippen LogP contribution in [0.1, 0.15) is 0 Å². The summed E-state index contributed by atoms with van der Waals surface area (Å²) in [6.07, 6.45) is 2.14. The van der Waals surface area contributed by atoms with Gasteiger partial charge in [-0.25, -0.2) is 4.79 Å². The van der Waals surface area contributed by atoms with E-state index in [2.05, 4.69) is 10.3 Å². The molecule has 1 N–H and O–H groups in total. The molecule has 2 aromatic rings. The maximum absolute atomic E-state index is 10.3. The van der Waals surface area contributed by atoms with Gasteiger partial charge in [-0.3, -0.25) is 4.79 Å². The van der Waals surface area contributed by atoms with Crippen molar-refractivity contribution in [2.75, 3.05) is 5.32 Å². The number of hydrogen-bond donors (Lipinski definition) is 1. The van der Waals surface area contributed by atoms with E-state index in [-0.39, 0.29) is 0 Å². The molecule has 0 aromatic heterocycles. The average molecular weight is 238 g/mol. The summed E-state index contributed by atoms with van der Waals surface area (Å²) in [4.78, 5) is 23.9. The number of isocyanates is 1. The Morgan fingerprint density at radius 1 is 0.944 bits per heavy atom. The molecule has 0 radical (unpaired) electrons. The SMILES string of the molecule is O=C=Nc1ccc(-c2ccc(NC=O)cc2)cc1. The fourth-order valence-electron chi connectivity index (χ4n) is 1.61. The summed E-state index contributed by atoms with van der Waals surface area (Å²) in [5.74, 6) is 0. The Hall–Kier alpha value is -2.71. The van der Waals surface area contributed by atoms with Gasteiger partial charge in [0.25, 0.3) is 0 Å². The molecule has 2 rings (SSSR count). The highest BCUT2D eigenvalue weighted by Crippen LogP contribution is 2.23. The Kier molecular flexibility index (Phi) is 3.64. The topological polar surface area (TPSA) is 58.5 Å². The minimum Gasteiger partial charge on any atom is -0.329 e. The van der Waals surface area contributed by atoms with E-state index >= 15 is 0 Å². The van der Waals surface area contributed by atoms with Gasteiger partial charge in [0.05, 0.1) is 5.69 Å². The lowest BCUT2D eigenvalue weighted by atomic mass is 10.1. The van der Waals surface area contributed by atoms with Gasteiger partial charge in [-0.2, -0.15) is 4.99 Å². The molecule has 0 aliphatic heterocycles. The lowest BCUT2D eigenvalue weighted by molar-refractivity contribution is -0.105. The van der Waals surface area contributed by atoms with Gasteiger partial charge < -0.3 is 5.32 Å². The first kappa shape index (κ1) is 11.8. The predicted molar refractivity (Wildman–Crippen MR) is 69.3 cm³/mol. The molecular formula is C14H10N2O2. The molecule has 2 aromatic carbocycles. The molecular weight excluding hydrogens is 228 g/mol. The van der Waals surface area contributed by atoms with Crippen LogP contribution in [-0.4, -0.2) is 12.5 Å². The highest BCUT2D eigenvalue weighted by atomic mass is 16.1. The summed E-state index contributed by atoms with van der Waals surface area (Å²) in [7, 11) is 0. The first-order valence-corrected chi connectivity index (χ1v) is 5.32. The first-order valence-electron chi connectivity index (χ1n) is 5.32. The van der Waals surface area contributed by atoms with Gasteiger partial charge in [-0.05, 0) is 35.4 Å². The van der Waals surface area contributed by atoms with Crippen molar-refractivity contribution >= 4 is 23.9 Å². The average Bonchev–Trinajstić information content (AvgIpc) is 2.41. The Morgan fingerprint density at radius 3 is 2.00 bits per heavy atom. The monoisotopic (exact) mass is 238 g/mol. The number of anilines is 1. The second-order valence-electron chi connectivity index (χ2n) is 3.59. The number of benzene rings is 2. The second kappa shape index (κ2) is 5.57. The largest absolute Gasteiger partial charge is 0.329 e. The zero-order valence-corrected chi connectivity index (χ0v) is 9.46. The molecule has 88 valence electrons. The van der Waals surface area contributed by atoms with Gasteiger partial charge in [0, 0.05) is 5.69 Å². The van der Waals surface area contributed by atoms with E-state index < -0.39 is 0 Å². The van der Waals surface area contributed by atoms with E-state index in [4.69, 9.17) is 0 Å². The molecule has 0 spiro atoms. The lowest BCUT2D eigenvalue weighted by Crippen LogP contribution is -1.92. The summed E-state index contributed by atoms with van der Waals surface area (Å²) in [5, 5.41) is 2.57. The van der Waals surface area contributed by atoms with Crippen LogP contribution in [0.5, 0.6) is 0 Å². The van der Waals surface area contributed by atoms with Gasteiger partial charge in [0.15, 0.2) is 0 Å². The first-order chi connectivity index (χ1) is 8.83. The molecule has 0 bridgehead atoms. The molecule has 0 aliphatic rings. The van der Waals surface area contributed by atoms with Crippen molar-refractivity contribution in [3.05, 3.63) is 48.5 Å². The molecule has 4 nitrogen and oxygen atoms in total. The van der Waals surface area contributed by atoms with E-state index in [1.54, 1.807) is 12.1 Å². The van der Waals surface area contributed by atoms with E-state index in [0.29, 0.717) is 12.1 Å². The van der Waals surface area contributed by atoms with Crippen LogP contribution in [0.2, 0.25) is 0 Å². The summed E-state index contributed by atoms with van der Waals surface area (Å²) in [5.41, 5.74) is 3.36. The van der Waals surface area contributed by atoms with Crippen LogP contribution in [0.15, 0.2) is 53.5 Å². The van der Waals surface area contributed by atoms with Crippen LogP contribution in [0.25, 0.3) is 11.1 Å². The van der Waals surface area contributed by atoms with Gasteiger partial charge in [-0.1, -0.05) is 24.3 Å². The van der Waals surface area contributed by atoms with E-state index in [0.717, 1.165) is 16.8 Å². The number of nitrogens with one attached hydrogen (secondary N) is 1.